The zero-order valence-electron chi connectivity index (χ0n) is 14.0. The van der Waals surface area contributed by atoms with E-state index in [2.05, 4.69) is 75.5 Å². The Morgan fingerprint density at radius 1 is 1.33 bits per heavy atom. The van der Waals surface area contributed by atoms with Crippen molar-refractivity contribution in [3.63, 3.8) is 0 Å². The predicted molar refractivity (Wildman–Crippen MR) is 103 cm³/mol. The van der Waals surface area contributed by atoms with Crippen molar-refractivity contribution >= 4 is 34.2 Å². The molecule has 0 aliphatic carbocycles. The van der Waals surface area contributed by atoms with E-state index in [1.165, 1.54) is 11.1 Å². The number of fused-ring (bicyclic) bond motifs is 1. The summed E-state index contributed by atoms with van der Waals surface area (Å²) >= 11 is 3.66. The van der Waals surface area contributed by atoms with Gasteiger partial charge in [0.15, 0.2) is 0 Å². The second-order valence-electron chi connectivity index (χ2n) is 6.68. The third kappa shape index (κ3) is 4.11. The van der Waals surface area contributed by atoms with Crippen LogP contribution in [0.5, 0.6) is 0 Å². The van der Waals surface area contributed by atoms with Gasteiger partial charge in [-0.2, -0.15) is 0 Å². The van der Waals surface area contributed by atoms with Crippen LogP contribution in [0, 0.1) is 5.92 Å². The van der Waals surface area contributed by atoms with Gasteiger partial charge in [0, 0.05) is 18.6 Å². The SMILES string of the molecule is CC(C)C1NNC(C(=O)NCC2NCCc3ccccc32)C1Br.Cl. The van der Waals surface area contributed by atoms with Gasteiger partial charge in [-0.05, 0) is 30.0 Å². The van der Waals surface area contributed by atoms with Crippen molar-refractivity contribution in [1.29, 1.82) is 0 Å². The maximum atomic E-state index is 12.5. The fourth-order valence-corrected chi connectivity index (χ4v) is 4.50. The topological polar surface area (TPSA) is 65.2 Å². The van der Waals surface area contributed by atoms with Crippen molar-refractivity contribution in [2.45, 2.75) is 43.2 Å². The fraction of sp³-hybridized carbons (Fsp3) is 0.588. The Morgan fingerprint density at radius 3 is 2.79 bits per heavy atom. The normalized spacial score (nSPS) is 29.0. The van der Waals surface area contributed by atoms with Gasteiger partial charge >= 0.3 is 0 Å². The Bertz CT molecular complexity index is 571. The highest BCUT2D eigenvalue weighted by molar-refractivity contribution is 9.09. The standard InChI is InChI=1S/C17H25BrN4O.ClH/c1-10(2)15-14(18)16(22-21-15)17(23)20-9-13-12-6-4-3-5-11(12)7-8-19-13;/h3-6,10,13-16,19,21-22H,7-9H2,1-2H3,(H,20,23);1H. The van der Waals surface area contributed by atoms with Crippen molar-refractivity contribution in [2.24, 2.45) is 5.92 Å². The molecule has 1 saturated heterocycles. The molecule has 2 aliphatic rings. The lowest BCUT2D eigenvalue weighted by Crippen LogP contribution is -2.48. The summed E-state index contributed by atoms with van der Waals surface area (Å²) in [7, 11) is 0. The summed E-state index contributed by atoms with van der Waals surface area (Å²) < 4.78 is 0. The lowest BCUT2D eigenvalue weighted by molar-refractivity contribution is -0.122. The lowest BCUT2D eigenvalue weighted by Gasteiger charge is -2.27. The van der Waals surface area contributed by atoms with Gasteiger partial charge in [0.1, 0.15) is 6.04 Å². The van der Waals surface area contributed by atoms with Crippen LogP contribution in [-0.4, -0.2) is 35.9 Å². The van der Waals surface area contributed by atoms with E-state index >= 15 is 0 Å². The van der Waals surface area contributed by atoms with Crippen molar-refractivity contribution in [3.8, 4) is 0 Å². The number of carbonyl (C=O) groups excluding carboxylic acids is 1. The summed E-state index contributed by atoms with van der Waals surface area (Å²) in [4.78, 5) is 12.6. The number of alkyl halides is 1. The first kappa shape index (κ1) is 19.7. The molecule has 0 saturated carbocycles. The Labute approximate surface area is 158 Å². The molecule has 7 heteroatoms. The van der Waals surface area contributed by atoms with Crippen LogP contribution in [-0.2, 0) is 11.2 Å². The maximum absolute atomic E-state index is 12.5. The highest BCUT2D eigenvalue weighted by atomic mass is 79.9. The number of nitrogens with one attached hydrogen (secondary N) is 4. The molecule has 1 aromatic carbocycles. The van der Waals surface area contributed by atoms with Crippen molar-refractivity contribution < 1.29 is 4.79 Å². The summed E-state index contributed by atoms with van der Waals surface area (Å²) in [5.41, 5.74) is 9.01. The molecule has 0 spiro atoms. The van der Waals surface area contributed by atoms with E-state index in [1.54, 1.807) is 0 Å². The van der Waals surface area contributed by atoms with Gasteiger partial charge < -0.3 is 10.6 Å². The second-order valence-corrected chi connectivity index (χ2v) is 7.74. The zero-order chi connectivity index (χ0) is 16.4. The molecule has 4 N–H and O–H groups in total. The van der Waals surface area contributed by atoms with E-state index in [-0.39, 0.29) is 41.3 Å². The van der Waals surface area contributed by atoms with E-state index in [9.17, 15) is 4.79 Å². The lowest BCUT2D eigenvalue weighted by atomic mass is 9.94. The Morgan fingerprint density at radius 2 is 2.08 bits per heavy atom. The molecule has 1 fully saturated rings. The maximum Gasteiger partial charge on any atom is 0.239 e. The molecular formula is C17H26BrClN4O. The van der Waals surface area contributed by atoms with Crippen LogP contribution < -0.4 is 21.5 Å². The van der Waals surface area contributed by atoms with E-state index in [4.69, 9.17) is 0 Å². The molecule has 1 amide bonds. The first-order chi connectivity index (χ1) is 11.1. The smallest absolute Gasteiger partial charge is 0.239 e. The zero-order valence-corrected chi connectivity index (χ0v) is 16.4. The first-order valence-electron chi connectivity index (χ1n) is 8.32. The average Bonchev–Trinajstić information content (AvgIpc) is 2.94. The van der Waals surface area contributed by atoms with E-state index in [0.29, 0.717) is 12.5 Å². The highest BCUT2D eigenvalue weighted by Crippen LogP contribution is 2.23. The van der Waals surface area contributed by atoms with E-state index in [1.807, 2.05) is 0 Å². The molecule has 1 aromatic rings. The van der Waals surface area contributed by atoms with Gasteiger partial charge in [0.25, 0.3) is 0 Å². The fourth-order valence-electron chi connectivity index (χ4n) is 3.38. The molecular weight excluding hydrogens is 392 g/mol. The van der Waals surface area contributed by atoms with E-state index in [0.717, 1.165) is 13.0 Å². The van der Waals surface area contributed by atoms with Crippen molar-refractivity contribution in [1.82, 2.24) is 21.5 Å². The van der Waals surface area contributed by atoms with Crippen LogP contribution in [0.25, 0.3) is 0 Å². The average molecular weight is 418 g/mol. The number of halogens is 2. The van der Waals surface area contributed by atoms with Gasteiger partial charge in [-0.1, -0.05) is 54.0 Å². The molecule has 4 atom stereocenters. The van der Waals surface area contributed by atoms with Gasteiger partial charge in [-0.25, -0.2) is 5.43 Å². The summed E-state index contributed by atoms with van der Waals surface area (Å²) in [6.45, 7) is 5.87. The van der Waals surface area contributed by atoms with Gasteiger partial charge in [0.2, 0.25) is 5.91 Å². The molecule has 134 valence electrons. The van der Waals surface area contributed by atoms with Crippen LogP contribution in [0.15, 0.2) is 24.3 Å². The van der Waals surface area contributed by atoms with Crippen LogP contribution in [0.4, 0.5) is 0 Å². The number of hydrogen-bond acceptors (Lipinski definition) is 4. The molecule has 0 radical (unpaired) electrons. The molecule has 2 aliphatic heterocycles. The molecule has 0 aromatic heterocycles. The second kappa shape index (κ2) is 8.63. The largest absolute Gasteiger partial charge is 0.353 e. The molecule has 24 heavy (non-hydrogen) atoms. The molecule has 4 unspecified atom stereocenters. The number of amides is 1. The monoisotopic (exact) mass is 416 g/mol. The van der Waals surface area contributed by atoms with E-state index < -0.39 is 0 Å². The Balaban J connectivity index is 0.00000208. The molecule has 5 nitrogen and oxygen atoms in total. The molecule has 3 rings (SSSR count). The summed E-state index contributed by atoms with van der Waals surface area (Å²) in [6.07, 6.45) is 1.05. The van der Waals surface area contributed by atoms with Crippen LogP contribution in [0.3, 0.4) is 0 Å². The number of carbonyl (C=O) groups is 1. The van der Waals surface area contributed by atoms with Gasteiger partial charge in [0.05, 0.1) is 4.83 Å². The van der Waals surface area contributed by atoms with Crippen LogP contribution in [0.1, 0.15) is 31.0 Å². The minimum Gasteiger partial charge on any atom is -0.353 e. The third-order valence-corrected chi connectivity index (χ3v) is 5.86. The van der Waals surface area contributed by atoms with Crippen molar-refractivity contribution in [2.75, 3.05) is 13.1 Å². The Hall–Kier alpha value is -0.660. The van der Waals surface area contributed by atoms with Crippen molar-refractivity contribution in [3.05, 3.63) is 35.4 Å². The Kier molecular flexibility index (Phi) is 7.07. The third-order valence-electron chi connectivity index (χ3n) is 4.76. The number of benzene rings is 1. The van der Waals surface area contributed by atoms with Crippen LogP contribution in [0.2, 0.25) is 0 Å². The minimum absolute atomic E-state index is 0. The minimum atomic E-state index is -0.249. The van der Waals surface area contributed by atoms with Gasteiger partial charge in [-0.15, -0.1) is 12.4 Å². The number of hydrazine groups is 1. The van der Waals surface area contributed by atoms with Gasteiger partial charge in [-0.3, -0.25) is 10.2 Å². The molecule has 0 bridgehead atoms. The summed E-state index contributed by atoms with van der Waals surface area (Å²) in [5.74, 6) is 0.490. The summed E-state index contributed by atoms with van der Waals surface area (Å²) in [6, 6.07) is 8.65. The number of hydrogen-bond donors (Lipinski definition) is 4. The summed E-state index contributed by atoms with van der Waals surface area (Å²) in [5, 5.41) is 6.59. The predicted octanol–water partition coefficient (Wildman–Crippen LogP) is 1.68. The first-order valence-corrected chi connectivity index (χ1v) is 9.23. The quantitative estimate of drug-likeness (QED) is 0.563. The highest BCUT2D eigenvalue weighted by Gasteiger charge is 2.39. The molecule has 2 heterocycles. The van der Waals surface area contributed by atoms with Crippen LogP contribution >= 0.6 is 28.3 Å². The number of rotatable bonds is 4.